The van der Waals surface area contributed by atoms with Crippen LogP contribution in [0, 0.1) is 0 Å². The lowest BCUT2D eigenvalue weighted by Gasteiger charge is -2.41. The summed E-state index contributed by atoms with van der Waals surface area (Å²) in [6, 6.07) is 8.01. The zero-order valence-corrected chi connectivity index (χ0v) is 24.0. The van der Waals surface area contributed by atoms with Crippen LogP contribution in [0.2, 0.25) is 5.02 Å². The number of aromatic nitrogens is 2. The van der Waals surface area contributed by atoms with Gasteiger partial charge in [-0.1, -0.05) is 11.6 Å². The van der Waals surface area contributed by atoms with Crippen LogP contribution in [-0.2, 0) is 0 Å². The van der Waals surface area contributed by atoms with Gasteiger partial charge in [0.15, 0.2) is 17.6 Å². The molecule has 1 saturated heterocycles. The highest BCUT2D eigenvalue weighted by molar-refractivity contribution is 9.10. The van der Waals surface area contributed by atoms with Crippen molar-refractivity contribution in [2.24, 2.45) is 0 Å². The third kappa shape index (κ3) is 6.90. The second-order valence-corrected chi connectivity index (χ2v) is 10.7. The van der Waals surface area contributed by atoms with E-state index in [1.807, 2.05) is 24.1 Å². The first-order valence-corrected chi connectivity index (χ1v) is 13.6. The number of halogens is 2. The smallest absolute Gasteiger partial charge is 0.164 e. The van der Waals surface area contributed by atoms with Crippen molar-refractivity contribution in [1.29, 1.82) is 0 Å². The average molecular weight is 627 g/mol. The Balaban J connectivity index is 1.56. The molecule has 2 aromatic carbocycles. The van der Waals surface area contributed by atoms with Gasteiger partial charge in [0.05, 0.1) is 36.9 Å². The highest BCUT2D eigenvalue weighted by atomic mass is 79.9. The molecule has 0 unspecified atom stereocenters. The number of hydrogen-bond donors (Lipinski definition) is 5. The molecule has 39 heavy (non-hydrogen) atoms. The monoisotopic (exact) mass is 625 g/mol. The zero-order chi connectivity index (χ0) is 28.1. The summed E-state index contributed by atoms with van der Waals surface area (Å²) in [6.07, 6.45) is -2.65. The van der Waals surface area contributed by atoms with Crippen LogP contribution in [0.15, 0.2) is 41.1 Å². The number of ether oxygens (including phenoxy) is 2. The van der Waals surface area contributed by atoms with Crippen LogP contribution in [0.3, 0.4) is 0 Å². The van der Waals surface area contributed by atoms with Crippen LogP contribution in [0.4, 0.5) is 11.5 Å². The topological polar surface area (TPSA) is 144 Å². The van der Waals surface area contributed by atoms with Crippen molar-refractivity contribution in [3.63, 3.8) is 0 Å². The zero-order valence-electron chi connectivity index (χ0n) is 21.7. The van der Waals surface area contributed by atoms with Gasteiger partial charge in [0, 0.05) is 47.8 Å². The van der Waals surface area contributed by atoms with E-state index in [0.29, 0.717) is 40.6 Å². The molecule has 0 saturated carbocycles. The van der Waals surface area contributed by atoms with Gasteiger partial charge >= 0.3 is 0 Å². The molecule has 4 rings (SSSR count). The minimum Gasteiger partial charge on any atom is -0.493 e. The molecule has 2 heterocycles. The van der Waals surface area contributed by atoms with Crippen LogP contribution in [-0.4, -0.2) is 118 Å². The second kappa shape index (κ2) is 13.4. The van der Waals surface area contributed by atoms with Crippen molar-refractivity contribution >= 4 is 49.9 Å². The van der Waals surface area contributed by atoms with E-state index in [1.165, 1.54) is 13.4 Å². The van der Waals surface area contributed by atoms with Gasteiger partial charge in [0.1, 0.15) is 24.4 Å². The summed E-state index contributed by atoms with van der Waals surface area (Å²) in [5.74, 6) is 1.04. The molecule has 0 aliphatic carbocycles. The predicted molar refractivity (Wildman–Crippen MR) is 152 cm³/mol. The summed E-state index contributed by atoms with van der Waals surface area (Å²) in [6.45, 7) is 1.90. The predicted octanol–water partition coefficient (Wildman–Crippen LogP) is 1.87. The fourth-order valence-corrected chi connectivity index (χ4v) is 4.97. The van der Waals surface area contributed by atoms with Crippen molar-refractivity contribution in [2.45, 2.75) is 24.4 Å². The Bertz CT molecular complexity index is 1260. The maximum Gasteiger partial charge on any atom is 0.164 e. The number of methoxy groups -OCH3 is 1. The number of piperazine rings is 1. The number of nitrogens with one attached hydrogen (secondary N) is 1. The molecular formula is C26H33BrClN5O6. The van der Waals surface area contributed by atoms with Crippen molar-refractivity contribution in [3.05, 3.63) is 46.2 Å². The summed E-state index contributed by atoms with van der Waals surface area (Å²) in [5.41, 5.74) is 1.24. The van der Waals surface area contributed by atoms with E-state index in [2.05, 4.69) is 36.1 Å². The lowest BCUT2D eigenvalue weighted by atomic mass is 9.99. The molecule has 1 aliphatic heterocycles. The van der Waals surface area contributed by atoms with Crippen molar-refractivity contribution in [3.8, 4) is 11.5 Å². The number of fused-ring (bicyclic) bond motifs is 1. The highest BCUT2D eigenvalue weighted by Gasteiger charge is 2.37. The lowest BCUT2D eigenvalue weighted by Crippen LogP contribution is -2.59. The molecule has 0 spiro atoms. The quantitative estimate of drug-likeness (QED) is 0.213. The summed E-state index contributed by atoms with van der Waals surface area (Å²) in [5, 5.41) is 46.4. The fraction of sp³-hybridized carbons (Fsp3) is 0.462. The number of nitrogens with zero attached hydrogens (tertiary/aromatic N) is 4. The molecule has 13 heteroatoms. The Hall–Kier alpha value is -2.29. The molecule has 0 bridgehead atoms. The number of aliphatic hydroxyl groups excluding tert-OH is 4. The minimum atomic E-state index is -1.49. The first kappa shape index (κ1) is 29.7. The van der Waals surface area contributed by atoms with Crippen molar-refractivity contribution in [2.75, 3.05) is 58.9 Å². The number of anilines is 2. The molecule has 1 aliphatic rings. The van der Waals surface area contributed by atoms with Gasteiger partial charge < -0.3 is 40.1 Å². The summed E-state index contributed by atoms with van der Waals surface area (Å²) < 4.78 is 12.3. The standard InChI is InChI=1S/C26H33BrClN5O6/c1-32-5-7-33(8-6-32)20(12-34)24(36)25(37)23(13-35)39-22-11-19-16(10-21(22)38-2)26(30-14-29-19)31-15-3-4-17(27)18(28)9-15/h3-4,9-11,14,20,23-25,34-37H,5-8,12-13H2,1-2H3,(H,29,30,31)/t20-,23-,24+,25+/m1/s1. The van der Waals surface area contributed by atoms with Gasteiger partial charge in [0.25, 0.3) is 0 Å². The van der Waals surface area contributed by atoms with Gasteiger partial charge in [-0.3, -0.25) is 4.90 Å². The Labute approximate surface area is 240 Å². The molecule has 0 radical (unpaired) electrons. The first-order valence-electron chi connectivity index (χ1n) is 12.5. The fourth-order valence-electron chi connectivity index (χ4n) is 4.54. The van der Waals surface area contributed by atoms with Crippen LogP contribution in [0.5, 0.6) is 11.5 Å². The van der Waals surface area contributed by atoms with Crippen LogP contribution in [0.25, 0.3) is 10.9 Å². The molecule has 1 fully saturated rings. The maximum atomic E-state index is 11.0. The van der Waals surface area contributed by atoms with Gasteiger partial charge in [-0.25, -0.2) is 9.97 Å². The highest BCUT2D eigenvalue weighted by Crippen LogP contribution is 2.36. The molecule has 5 N–H and O–H groups in total. The van der Waals surface area contributed by atoms with Crippen molar-refractivity contribution < 1.29 is 29.9 Å². The maximum absolute atomic E-state index is 11.0. The molecule has 3 aromatic rings. The Morgan fingerprint density at radius 2 is 1.77 bits per heavy atom. The van der Waals surface area contributed by atoms with E-state index >= 15 is 0 Å². The van der Waals surface area contributed by atoms with Crippen LogP contribution in [0.1, 0.15) is 0 Å². The summed E-state index contributed by atoms with van der Waals surface area (Å²) in [7, 11) is 3.47. The Kier molecular flexibility index (Phi) is 10.2. The third-order valence-electron chi connectivity index (χ3n) is 6.88. The second-order valence-electron chi connectivity index (χ2n) is 9.41. The number of aliphatic hydroxyl groups is 4. The third-order valence-corrected chi connectivity index (χ3v) is 8.11. The van der Waals surface area contributed by atoms with Gasteiger partial charge in [0.2, 0.25) is 0 Å². The largest absolute Gasteiger partial charge is 0.493 e. The summed E-state index contributed by atoms with van der Waals surface area (Å²) in [4.78, 5) is 12.8. The molecule has 11 nitrogen and oxygen atoms in total. The number of rotatable bonds is 11. The van der Waals surface area contributed by atoms with Gasteiger partial charge in [-0.05, 0) is 47.2 Å². The van der Waals surface area contributed by atoms with Gasteiger partial charge in [-0.15, -0.1) is 0 Å². The number of hydrogen-bond acceptors (Lipinski definition) is 11. The SMILES string of the molecule is COc1cc2c(Nc3ccc(Br)c(Cl)c3)ncnc2cc1O[C@H](CO)[C@H](O)[C@@H](O)[C@@H](CO)N1CCN(C)CC1. The molecule has 4 atom stereocenters. The Morgan fingerprint density at radius 3 is 2.41 bits per heavy atom. The molecule has 1 aromatic heterocycles. The number of likely N-dealkylation sites (N-methyl/N-ethyl adjacent to an activating group) is 1. The van der Waals surface area contributed by atoms with Gasteiger partial charge in [-0.2, -0.15) is 0 Å². The van der Waals surface area contributed by atoms with E-state index in [1.54, 1.807) is 18.2 Å². The lowest BCUT2D eigenvalue weighted by molar-refractivity contribution is -0.107. The van der Waals surface area contributed by atoms with E-state index in [4.69, 9.17) is 21.1 Å². The number of benzene rings is 2. The van der Waals surface area contributed by atoms with E-state index in [9.17, 15) is 20.4 Å². The molecular weight excluding hydrogens is 594 g/mol. The van der Waals surface area contributed by atoms with Crippen LogP contribution < -0.4 is 14.8 Å². The average Bonchev–Trinajstić information content (AvgIpc) is 2.94. The Morgan fingerprint density at radius 1 is 1.03 bits per heavy atom. The van der Waals surface area contributed by atoms with E-state index in [-0.39, 0.29) is 12.4 Å². The van der Waals surface area contributed by atoms with E-state index in [0.717, 1.165) is 23.2 Å². The molecule has 212 valence electrons. The van der Waals surface area contributed by atoms with E-state index < -0.39 is 31.0 Å². The first-order chi connectivity index (χ1) is 18.7. The van der Waals surface area contributed by atoms with Crippen LogP contribution >= 0.6 is 27.5 Å². The summed E-state index contributed by atoms with van der Waals surface area (Å²) >= 11 is 9.60. The molecule has 0 amide bonds. The van der Waals surface area contributed by atoms with Crippen molar-refractivity contribution in [1.82, 2.24) is 19.8 Å². The minimum absolute atomic E-state index is 0.215. The normalized spacial score (nSPS) is 17.9.